The molecule has 16 heavy (non-hydrogen) atoms. The van der Waals surface area contributed by atoms with Gasteiger partial charge in [0.25, 0.3) is 0 Å². The zero-order valence-electron chi connectivity index (χ0n) is 8.42. The minimum absolute atomic E-state index is 0.00589. The molecule has 1 aliphatic heterocycles. The molecule has 0 bridgehead atoms. The maximum absolute atomic E-state index is 5.33. The summed E-state index contributed by atoms with van der Waals surface area (Å²) in [7, 11) is 0. The van der Waals surface area contributed by atoms with Crippen molar-refractivity contribution in [3.05, 3.63) is 16.8 Å². The van der Waals surface area contributed by atoms with Gasteiger partial charge in [-0.15, -0.1) is 11.3 Å². The number of thiazole rings is 1. The van der Waals surface area contributed by atoms with Gasteiger partial charge in [-0.05, 0) is 0 Å². The molecule has 3 heterocycles. The maximum Gasteiger partial charge on any atom is 0.246 e. The van der Waals surface area contributed by atoms with Crippen LogP contribution in [0.4, 0.5) is 0 Å². The van der Waals surface area contributed by atoms with Crippen LogP contribution in [0, 0.1) is 0 Å². The van der Waals surface area contributed by atoms with Crippen molar-refractivity contribution in [3.63, 3.8) is 0 Å². The number of ether oxygens (including phenoxy) is 1. The van der Waals surface area contributed by atoms with Crippen molar-refractivity contribution in [2.24, 2.45) is 0 Å². The molecule has 1 unspecified atom stereocenters. The number of nitrogens with zero attached hydrogens (tertiary/aromatic N) is 3. The predicted octanol–water partition coefficient (Wildman–Crippen LogP) is 0.854. The molecule has 1 aliphatic rings. The number of morpholine rings is 1. The molecular formula is C9H10N4O2S. The average molecular weight is 238 g/mol. The number of hydrogen-bond acceptors (Lipinski definition) is 7. The van der Waals surface area contributed by atoms with E-state index in [9.17, 15) is 0 Å². The Hall–Kier alpha value is -1.31. The van der Waals surface area contributed by atoms with Gasteiger partial charge in [0.1, 0.15) is 11.7 Å². The Bertz CT molecular complexity index is 450. The Morgan fingerprint density at radius 2 is 2.50 bits per heavy atom. The highest BCUT2D eigenvalue weighted by Gasteiger charge is 2.22. The quantitative estimate of drug-likeness (QED) is 0.836. The summed E-state index contributed by atoms with van der Waals surface area (Å²) in [5.41, 5.74) is 2.49. The van der Waals surface area contributed by atoms with Gasteiger partial charge in [-0.3, -0.25) is 0 Å². The molecule has 0 radical (unpaired) electrons. The lowest BCUT2D eigenvalue weighted by atomic mass is 10.3. The lowest BCUT2D eigenvalue weighted by Gasteiger charge is -2.20. The molecule has 7 heteroatoms. The van der Waals surface area contributed by atoms with Crippen LogP contribution in [-0.4, -0.2) is 34.9 Å². The van der Waals surface area contributed by atoms with E-state index in [0.717, 1.165) is 18.8 Å². The third kappa shape index (κ3) is 1.84. The van der Waals surface area contributed by atoms with Crippen molar-refractivity contribution in [1.82, 2.24) is 20.4 Å². The molecule has 1 fully saturated rings. The predicted molar refractivity (Wildman–Crippen MR) is 57.0 cm³/mol. The molecule has 0 spiro atoms. The molecule has 1 atom stereocenters. The van der Waals surface area contributed by atoms with Crippen LogP contribution in [0.25, 0.3) is 11.5 Å². The van der Waals surface area contributed by atoms with Gasteiger partial charge in [-0.1, -0.05) is 5.16 Å². The summed E-state index contributed by atoms with van der Waals surface area (Å²) in [5, 5.41) is 9.04. The first-order chi connectivity index (χ1) is 7.93. The molecule has 1 N–H and O–H groups in total. The highest BCUT2D eigenvalue weighted by Crippen LogP contribution is 2.19. The van der Waals surface area contributed by atoms with Gasteiger partial charge in [0, 0.05) is 11.9 Å². The van der Waals surface area contributed by atoms with E-state index >= 15 is 0 Å². The summed E-state index contributed by atoms with van der Waals surface area (Å²) in [6, 6.07) is -0.00589. The van der Waals surface area contributed by atoms with E-state index in [4.69, 9.17) is 9.26 Å². The molecule has 3 rings (SSSR count). The molecule has 0 aliphatic carbocycles. The van der Waals surface area contributed by atoms with Crippen molar-refractivity contribution in [2.45, 2.75) is 6.04 Å². The van der Waals surface area contributed by atoms with Crippen LogP contribution in [0.2, 0.25) is 0 Å². The summed E-state index contributed by atoms with van der Waals surface area (Å²) in [6.45, 7) is 2.10. The summed E-state index contributed by atoms with van der Waals surface area (Å²) in [6.07, 6.45) is 0. The van der Waals surface area contributed by atoms with E-state index in [1.807, 2.05) is 5.38 Å². The Labute approximate surface area is 95.7 Å². The summed E-state index contributed by atoms with van der Waals surface area (Å²) >= 11 is 1.51. The van der Waals surface area contributed by atoms with Gasteiger partial charge >= 0.3 is 0 Å². The highest BCUT2D eigenvalue weighted by molar-refractivity contribution is 7.07. The summed E-state index contributed by atoms with van der Waals surface area (Å²) < 4.78 is 10.5. The smallest absolute Gasteiger partial charge is 0.246 e. The van der Waals surface area contributed by atoms with E-state index in [2.05, 4.69) is 20.4 Å². The van der Waals surface area contributed by atoms with Crippen molar-refractivity contribution < 1.29 is 9.26 Å². The molecule has 0 amide bonds. The normalized spacial score (nSPS) is 21.1. The first-order valence-corrected chi connectivity index (χ1v) is 5.91. The zero-order valence-corrected chi connectivity index (χ0v) is 9.24. The Balaban J connectivity index is 1.82. The number of rotatable bonds is 2. The van der Waals surface area contributed by atoms with Crippen molar-refractivity contribution >= 4 is 11.3 Å². The average Bonchev–Trinajstić information content (AvgIpc) is 3.01. The van der Waals surface area contributed by atoms with Crippen LogP contribution >= 0.6 is 11.3 Å². The second kappa shape index (κ2) is 4.28. The van der Waals surface area contributed by atoms with Crippen LogP contribution in [0.5, 0.6) is 0 Å². The maximum atomic E-state index is 5.33. The van der Waals surface area contributed by atoms with E-state index in [1.54, 1.807) is 5.51 Å². The monoisotopic (exact) mass is 238 g/mol. The second-order valence-electron chi connectivity index (χ2n) is 3.41. The van der Waals surface area contributed by atoms with Gasteiger partial charge in [0.15, 0.2) is 0 Å². The molecule has 1 saturated heterocycles. The van der Waals surface area contributed by atoms with E-state index < -0.39 is 0 Å². The first kappa shape index (κ1) is 9.88. The Morgan fingerprint density at radius 1 is 1.50 bits per heavy atom. The molecule has 84 valence electrons. The SMILES string of the molecule is c1nc(-c2noc(C3COCCN3)n2)cs1. The molecule has 0 saturated carbocycles. The Morgan fingerprint density at radius 3 is 3.25 bits per heavy atom. The highest BCUT2D eigenvalue weighted by atomic mass is 32.1. The second-order valence-corrected chi connectivity index (χ2v) is 4.13. The van der Waals surface area contributed by atoms with Crippen LogP contribution in [0.15, 0.2) is 15.4 Å². The minimum Gasteiger partial charge on any atom is -0.378 e. The topological polar surface area (TPSA) is 73.1 Å². The summed E-state index contributed by atoms with van der Waals surface area (Å²) in [5.74, 6) is 1.09. The molecule has 2 aromatic heterocycles. The lowest BCUT2D eigenvalue weighted by Crippen LogP contribution is -2.34. The van der Waals surface area contributed by atoms with Gasteiger partial charge in [0.2, 0.25) is 11.7 Å². The van der Waals surface area contributed by atoms with Crippen LogP contribution in [0.3, 0.4) is 0 Å². The number of hydrogen-bond donors (Lipinski definition) is 1. The minimum atomic E-state index is -0.00589. The number of aromatic nitrogens is 3. The van der Waals surface area contributed by atoms with Gasteiger partial charge in [-0.25, -0.2) is 4.98 Å². The van der Waals surface area contributed by atoms with E-state index in [-0.39, 0.29) is 6.04 Å². The van der Waals surface area contributed by atoms with Gasteiger partial charge in [-0.2, -0.15) is 4.98 Å². The fourth-order valence-corrected chi connectivity index (χ4v) is 2.06. The van der Waals surface area contributed by atoms with Gasteiger partial charge < -0.3 is 14.6 Å². The van der Waals surface area contributed by atoms with Crippen molar-refractivity contribution in [1.29, 1.82) is 0 Å². The van der Waals surface area contributed by atoms with E-state index in [1.165, 1.54) is 11.3 Å². The van der Waals surface area contributed by atoms with Crippen LogP contribution < -0.4 is 5.32 Å². The van der Waals surface area contributed by atoms with E-state index in [0.29, 0.717) is 18.3 Å². The molecule has 0 aromatic carbocycles. The van der Waals surface area contributed by atoms with Crippen molar-refractivity contribution in [3.8, 4) is 11.5 Å². The fraction of sp³-hybridized carbons (Fsp3) is 0.444. The summed E-state index contributed by atoms with van der Waals surface area (Å²) in [4.78, 5) is 8.43. The number of nitrogens with one attached hydrogen (secondary N) is 1. The van der Waals surface area contributed by atoms with Crippen molar-refractivity contribution in [2.75, 3.05) is 19.8 Å². The largest absolute Gasteiger partial charge is 0.378 e. The van der Waals surface area contributed by atoms with Gasteiger partial charge in [0.05, 0.1) is 18.7 Å². The van der Waals surface area contributed by atoms with Crippen LogP contribution in [0.1, 0.15) is 11.9 Å². The third-order valence-electron chi connectivity index (χ3n) is 2.32. The Kier molecular flexibility index (Phi) is 2.65. The third-order valence-corrected chi connectivity index (χ3v) is 2.91. The first-order valence-electron chi connectivity index (χ1n) is 4.97. The standard InChI is InChI=1S/C9H10N4O2S/c1-2-14-3-6(10-1)9-12-8(13-15-9)7-4-16-5-11-7/h4-6,10H,1-3H2. The van der Waals surface area contributed by atoms with Crippen LogP contribution in [-0.2, 0) is 4.74 Å². The lowest BCUT2D eigenvalue weighted by molar-refractivity contribution is 0.0659. The zero-order chi connectivity index (χ0) is 10.8. The molecule has 6 nitrogen and oxygen atoms in total. The fourth-order valence-electron chi connectivity index (χ4n) is 1.53. The molecular weight excluding hydrogens is 228 g/mol. The molecule has 2 aromatic rings.